The summed E-state index contributed by atoms with van der Waals surface area (Å²) in [5.41, 5.74) is 0. The number of amides is 2. The summed E-state index contributed by atoms with van der Waals surface area (Å²) < 4.78 is 9.08. The molecular weight excluding hydrogens is 296 g/mol. The molecule has 22 heavy (non-hydrogen) atoms. The van der Waals surface area contributed by atoms with Crippen LogP contribution in [0.15, 0.2) is 0 Å². The summed E-state index contributed by atoms with van der Waals surface area (Å²) in [5.74, 6) is -1.01. The van der Waals surface area contributed by atoms with Crippen molar-refractivity contribution in [1.82, 2.24) is 10.6 Å². The van der Waals surface area contributed by atoms with Gasteiger partial charge in [-0.3, -0.25) is 10.1 Å². The molecule has 2 amide bonds. The molecule has 9 nitrogen and oxygen atoms in total. The Morgan fingerprint density at radius 1 is 1.14 bits per heavy atom. The van der Waals surface area contributed by atoms with E-state index in [1.807, 2.05) is 0 Å². The van der Waals surface area contributed by atoms with Crippen LogP contribution in [0.2, 0.25) is 0 Å². The number of urea groups is 1. The molecule has 3 atom stereocenters. The number of nitrogens with one attached hydrogen (secondary N) is 2. The van der Waals surface area contributed by atoms with E-state index >= 15 is 0 Å². The summed E-state index contributed by atoms with van der Waals surface area (Å²) in [5, 5.41) is 13.7. The van der Waals surface area contributed by atoms with E-state index in [4.69, 9.17) is 5.26 Å². The van der Waals surface area contributed by atoms with Gasteiger partial charge in [0.05, 0.1) is 20.3 Å². The molecule has 0 spiro atoms. The third kappa shape index (κ3) is 7.23. The summed E-state index contributed by atoms with van der Waals surface area (Å²) in [4.78, 5) is 38.7. The van der Waals surface area contributed by atoms with Crippen LogP contribution in [0.1, 0.15) is 33.1 Å². The topological polar surface area (TPSA) is 123 Å². The first-order chi connectivity index (χ1) is 10.4. The lowest BCUT2D eigenvalue weighted by molar-refractivity contribution is -0.279. The SMILES string of the molecule is CCC(NC(=O)NC(CCC(=O)OC)C(C)OO)C(=O)OC. The fourth-order valence-corrected chi connectivity index (χ4v) is 1.71. The first-order valence-electron chi connectivity index (χ1n) is 6.91. The maximum atomic E-state index is 11.9. The van der Waals surface area contributed by atoms with Crippen molar-refractivity contribution in [2.45, 2.75) is 51.3 Å². The molecule has 128 valence electrons. The highest BCUT2D eigenvalue weighted by atomic mass is 17.1. The maximum Gasteiger partial charge on any atom is 0.328 e. The monoisotopic (exact) mass is 320 g/mol. The van der Waals surface area contributed by atoms with Crippen molar-refractivity contribution in [2.24, 2.45) is 0 Å². The van der Waals surface area contributed by atoms with Crippen molar-refractivity contribution >= 4 is 18.0 Å². The Hall–Kier alpha value is -1.87. The maximum absolute atomic E-state index is 11.9. The van der Waals surface area contributed by atoms with E-state index in [1.54, 1.807) is 6.92 Å². The summed E-state index contributed by atoms with van der Waals surface area (Å²) in [6.45, 7) is 3.25. The Kier molecular flexibility index (Phi) is 9.88. The summed E-state index contributed by atoms with van der Waals surface area (Å²) in [7, 11) is 2.48. The highest BCUT2D eigenvalue weighted by Crippen LogP contribution is 2.07. The normalized spacial score (nSPS) is 14.4. The third-order valence-corrected chi connectivity index (χ3v) is 3.14. The number of ether oxygens (including phenoxy) is 2. The molecule has 0 rings (SSSR count). The molecule has 0 aromatic rings. The van der Waals surface area contributed by atoms with Gasteiger partial charge in [0.2, 0.25) is 0 Å². The van der Waals surface area contributed by atoms with Gasteiger partial charge in [-0.25, -0.2) is 14.5 Å². The van der Waals surface area contributed by atoms with Crippen LogP contribution in [0.4, 0.5) is 4.79 Å². The molecule has 0 aliphatic carbocycles. The van der Waals surface area contributed by atoms with Gasteiger partial charge < -0.3 is 20.1 Å². The fourth-order valence-electron chi connectivity index (χ4n) is 1.71. The zero-order chi connectivity index (χ0) is 17.1. The predicted octanol–water partition coefficient (Wildman–Crippen LogP) is 0.437. The average Bonchev–Trinajstić information content (AvgIpc) is 2.54. The fraction of sp³-hybridized carbons (Fsp3) is 0.769. The third-order valence-electron chi connectivity index (χ3n) is 3.14. The molecule has 0 aliphatic rings. The lowest BCUT2D eigenvalue weighted by atomic mass is 10.1. The summed E-state index contributed by atoms with van der Waals surface area (Å²) >= 11 is 0. The first-order valence-corrected chi connectivity index (χ1v) is 6.91. The van der Waals surface area contributed by atoms with E-state index in [0.29, 0.717) is 6.42 Å². The summed E-state index contributed by atoms with van der Waals surface area (Å²) in [6.07, 6.45) is -0.132. The van der Waals surface area contributed by atoms with E-state index in [0.717, 1.165) is 0 Å². The number of rotatable bonds is 9. The second-order valence-electron chi connectivity index (χ2n) is 4.63. The van der Waals surface area contributed by atoms with E-state index in [1.165, 1.54) is 21.1 Å². The van der Waals surface area contributed by atoms with Gasteiger partial charge in [0.15, 0.2) is 0 Å². The van der Waals surface area contributed by atoms with Gasteiger partial charge in [0.1, 0.15) is 12.1 Å². The smallest absolute Gasteiger partial charge is 0.328 e. The van der Waals surface area contributed by atoms with Crippen LogP contribution in [0.5, 0.6) is 0 Å². The van der Waals surface area contributed by atoms with Crippen LogP contribution >= 0.6 is 0 Å². The Morgan fingerprint density at radius 2 is 1.77 bits per heavy atom. The minimum absolute atomic E-state index is 0.0450. The largest absolute Gasteiger partial charge is 0.469 e. The van der Waals surface area contributed by atoms with Crippen molar-refractivity contribution in [3.63, 3.8) is 0 Å². The van der Waals surface area contributed by atoms with Crippen LogP contribution in [0, 0.1) is 0 Å². The summed E-state index contributed by atoms with van der Waals surface area (Å²) in [6, 6.07) is -2.05. The predicted molar refractivity (Wildman–Crippen MR) is 76.0 cm³/mol. The zero-order valence-electron chi connectivity index (χ0n) is 13.3. The van der Waals surface area contributed by atoms with E-state index in [-0.39, 0.29) is 12.8 Å². The molecule has 0 saturated heterocycles. The molecule has 9 heteroatoms. The number of esters is 2. The zero-order valence-corrected chi connectivity index (χ0v) is 13.3. The molecule has 0 bridgehead atoms. The van der Waals surface area contributed by atoms with Crippen LogP contribution in [0.25, 0.3) is 0 Å². The Balaban J connectivity index is 4.60. The lowest BCUT2D eigenvalue weighted by Gasteiger charge is -2.24. The molecular formula is C13H24N2O7. The van der Waals surface area contributed by atoms with Gasteiger partial charge in [0.25, 0.3) is 0 Å². The molecule has 3 unspecified atom stereocenters. The number of methoxy groups -OCH3 is 2. The highest BCUT2D eigenvalue weighted by Gasteiger charge is 2.24. The Labute approximate surface area is 129 Å². The number of carbonyl (C=O) groups is 3. The molecule has 0 aromatic heterocycles. The highest BCUT2D eigenvalue weighted by molar-refractivity contribution is 5.83. The Bertz CT molecular complexity index is 375. The van der Waals surface area contributed by atoms with Gasteiger partial charge in [-0.15, -0.1) is 0 Å². The van der Waals surface area contributed by atoms with Crippen LogP contribution < -0.4 is 10.6 Å². The average molecular weight is 320 g/mol. The van der Waals surface area contributed by atoms with E-state index in [2.05, 4.69) is 25.0 Å². The molecule has 0 heterocycles. The van der Waals surface area contributed by atoms with Gasteiger partial charge in [-0.2, -0.15) is 0 Å². The van der Waals surface area contributed by atoms with Gasteiger partial charge in [0, 0.05) is 6.42 Å². The minimum Gasteiger partial charge on any atom is -0.469 e. The van der Waals surface area contributed by atoms with E-state index < -0.39 is 36.2 Å². The quantitative estimate of drug-likeness (QED) is 0.320. The van der Waals surface area contributed by atoms with Gasteiger partial charge in [-0.1, -0.05) is 6.92 Å². The lowest BCUT2D eigenvalue weighted by Crippen LogP contribution is -2.52. The van der Waals surface area contributed by atoms with Crippen molar-refractivity contribution in [3.05, 3.63) is 0 Å². The number of hydrogen-bond donors (Lipinski definition) is 3. The first kappa shape index (κ1) is 20.1. The molecule has 0 radical (unpaired) electrons. The second kappa shape index (κ2) is 10.8. The van der Waals surface area contributed by atoms with Crippen molar-refractivity contribution in [3.8, 4) is 0 Å². The molecule has 0 aliphatic heterocycles. The van der Waals surface area contributed by atoms with Gasteiger partial charge >= 0.3 is 18.0 Å². The van der Waals surface area contributed by atoms with Crippen molar-refractivity contribution in [1.29, 1.82) is 0 Å². The van der Waals surface area contributed by atoms with Crippen molar-refractivity contribution in [2.75, 3.05) is 14.2 Å². The van der Waals surface area contributed by atoms with Gasteiger partial charge in [-0.05, 0) is 19.8 Å². The van der Waals surface area contributed by atoms with Crippen LogP contribution in [-0.2, 0) is 24.0 Å². The Morgan fingerprint density at radius 3 is 2.23 bits per heavy atom. The standard InChI is InChI=1S/C13H24N2O7/c1-5-9(12(17)21-4)14-13(18)15-10(8(2)22-19)6-7-11(16)20-3/h8-10,19H,5-7H2,1-4H3,(H2,14,15,18). The second-order valence-corrected chi connectivity index (χ2v) is 4.63. The molecule has 3 N–H and O–H groups in total. The van der Waals surface area contributed by atoms with Crippen molar-refractivity contribution < 1.29 is 34.0 Å². The van der Waals surface area contributed by atoms with Crippen LogP contribution in [0.3, 0.4) is 0 Å². The molecule has 0 aromatic carbocycles. The molecule has 0 fully saturated rings. The molecule has 0 saturated carbocycles. The number of carbonyl (C=O) groups excluding carboxylic acids is 3. The number of hydrogen-bond acceptors (Lipinski definition) is 7. The van der Waals surface area contributed by atoms with E-state index in [9.17, 15) is 14.4 Å². The van der Waals surface area contributed by atoms with Crippen LogP contribution in [-0.4, -0.2) is 55.6 Å². The minimum atomic E-state index is -0.781.